The van der Waals surface area contributed by atoms with E-state index in [-0.39, 0.29) is 5.91 Å². The first-order chi connectivity index (χ1) is 10.8. The third-order valence-corrected chi connectivity index (χ3v) is 4.07. The van der Waals surface area contributed by atoms with Gasteiger partial charge in [0.25, 0.3) is 0 Å². The largest absolute Gasteiger partial charge is 0.325 e. The molecule has 1 atom stereocenters. The molecule has 1 fully saturated rings. The van der Waals surface area contributed by atoms with Gasteiger partial charge in [0.2, 0.25) is 5.91 Å². The molecule has 1 amide bonds. The molecule has 2 N–H and O–H groups in total. The van der Waals surface area contributed by atoms with Crippen LogP contribution in [0.2, 0.25) is 0 Å². The number of rotatable bonds is 5. The molecule has 2 aromatic heterocycles. The summed E-state index contributed by atoms with van der Waals surface area (Å²) in [5, 5.41) is 9.97. The first-order valence-electron chi connectivity index (χ1n) is 7.73. The zero-order valence-corrected chi connectivity index (χ0v) is 12.5. The highest BCUT2D eigenvalue weighted by Crippen LogP contribution is 2.25. The van der Waals surface area contributed by atoms with Gasteiger partial charge in [-0.3, -0.25) is 14.9 Å². The fourth-order valence-corrected chi connectivity index (χ4v) is 2.93. The molecule has 1 saturated heterocycles. The van der Waals surface area contributed by atoms with Crippen LogP contribution in [0, 0.1) is 0 Å². The molecule has 0 bridgehead atoms. The standard InChI is InChI=1S/C16H21N5O/c22-16(19-14-4-1-7-17-11-14)6-10-21-9-2-3-13(12-21)15-5-8-18-20-15/h1,4-5,7-8,11,13H,2-3,6,9-10,12H2,(H,18,20)(H,19,22). The highest BCUT2D eigenvalue weighted by molar-refractivity contribution is 5.90. The van der Waals surface area contributed by atoms with Crippen LogP contribution in [-0.4, -0.2) is 45.6 Å². The van der Waals surface area contributed by atoms with Gasteiger partial charge in [-0.2, -0.15) is 5.10 Å². The number of pyridine rings is 1. The maximum atomic E-state index is 12.0. The van der Waals surface area contributed by atoms with Crippen LogP contribution in [0.1, 0.15) is 30.9 Å². The molecule has 0 aromatic carbocycles. The molecule has 0 aliphatic carbocycles. The average molecular weight is 299 g/mol. The molecule has 22 heavy (non-hydrogen) atoms. The van der Waals surface area contributed by atoms with Crippen LogP contribution in [-0.2, 0) is 4.79 Å². The van der Waals surface area contributed by atoms with E-state index in [1.54, 1.807) is 18.6 Å². The predicted molar refractivity (Wildman–Crippen MR) is 84.5 cm³/mol. The number of nitrogens with zero attached hydrogens (tertiary/aromatic N) is 3. The zero-order valence-electron chi connectivity index (χ0n) is 12.5. The van der Waals surface area contributed by atoms with Gasteiger partial charge in [0.15, 0.2) is 0 Å². The second-order valence-corrected chi connectivity index (χ2v) is 5.69. The summed E-state index contributed by atoms with van der Waals surface area (Å²) in [5.41, 5.74) is 1.95. The first kappa shape index (κ1) is 14.7. The minimum atomic E-state index is 0.0386. The SMILES string of the molecule is O=C(CCN1CCCC(c2ccn[nH]2)C1)Nc1cccnc1. The molecule has 6 heteroatoms. The van der Waals surface area contributed by atoms with E-state index in [0.717, 1.165) is 31.7 Å². The third-order valence-electron chi connectivity index (χ3n) is 4.07. The summed E-state index contributed by atoms with van der Waals surface area (Å²) in [7, 11) is 0. The van der Waals surface area contributed by atoms with Crippen LogP contribution in [0.4, 0.5) is 5.69 Å². The smallest absolute Gasteiger partial charge is 0.225 e. The summed E-state index contributed by atoms with van der Waals surface area (Å²) in [4.78, 5) is 18.3. The van der Waals surface area contributed by atoms with Crippen molar-refractivity contribution in [1.82, 2.24) is 20.1 Å². The topological polar surface area (TPSA) is 73.9 Å². The van der Waals surface area contributed by atoms with E-state index >= 15 is 0 Å². The van der Waals surface area contributed by atoms with Crippen LogP contribution in [0.25, 0.3) is 0 Å². The number of H-pyrrole nitrogens is 1. The Kier molecular flexibility index (Phi) is 4.80. The summed E-state index contributed by atoms with van der Waals surface area (Å²) >= 11 is 0. The molecule has 1 unspecified atom stereocenters. The van der Waals surface area contributed by atoms with Gasteiger partial charge in [-0.25, -0.2) is 0 Å². The predicted octanol–water partition coefficient (Wildman–Crippen LogP) is 2.01. The minimum absolute atomic E-state index is 0.0386. The van der Waals surface area contributed by atoms with Crippen LogP contribution in [0.15, 0.2) is 36.8 Å². The molecule has 0 spiro atoms. The summed E-state index contributed by atoms with van der Waals surface area (Å²) in [5.74, 6) is 0.536. The van der Waals surface area contributed by atoms with E-state index in [4.69, 9.17) is 0 Å². The Morgan fingerprint density at radius 2 is 2.36 bits per heavy atom. The Hall–Kier alpha value is -2.21. The van der Waals surface area contributed by atoms with Crippen molar-refractivity contribution in [2.24, 2.45) is 0 Å². The molecule has 0 saturated carbocycles. The summed E-state index contributed by atoms with van der Waals surface area (Å²) in [6, 6.07) is 5.71. The molecule has 1 aliphatic heterocycles. The Morgan fingerprint density at radius 3 is 3.14 bits per heavy atom. The summed E-state index contributed by atoms with van der Waals surface area (Å²) in [6.07, 6.45) is 8.00. The number of anilines is 1. The van der Waals surface area contributed by atoms with Gasteiger partial charge < -0.3 is 10.2 Å². The lowest BCUT2D eigenvalue weighted by Crippen LogP contribution is -2.36. The molecular formula is C16H21N5O. The number of hydrogen-bond acceptors (Lipinski definition) is 4. The highest BCUT2D eigenvalue weighted by atomic mass is 16.1. The van der Waals surface area contributed by atoms with Crippen molar-refractivity contribution in [3.8, 4) is 0 Å². The van der Waals surface area contributed by atoms with Gasteiger partial charge in [0, 0.05) is 43.5 Å². The maximum absolute atomic E-state index is 12.0. The second kappa shape index (κ2) is 7.17. The lowest BCUT2D eigenvalue weighted by Gasteiger charge is -2.31. The molecule has 6 nitrogen and oxygen atoms in total. The van der Waals surface area contributed by atoms with Gasteiger partial charge in [-0.05, 0) is 37.6 Å². The van der Waals surface area contributed by atoms with Gasteiger partial charge in [-0.1, -0.05) is 0 Å². The molecule has 0 radical (unpaired) electrons. The minimum Gasteiger partial charge on any atom is -0.325 e. The number of hydrogen-bond donors (Lipinski definition) is 2. The molecule has 116 valence electrons. The number of aromatic nitrogens is 3. The number of carbonyl (C=O) groups excluding carboxylic acids is 1. The number of aromatic amines is 1. The van der Waals surface area contributed by atoms with Crippen LogP contribution < -0.4 is 5.32 Å². The van der Waals surface area contributed by atoms with E-state index in [0.29, 0.717) is 12.3 Å². The summed E-state index contributed by atoms with van der Waals surface area (Å²) in [6.45, 7) is 2.84. The van der Waals surface area contributed by atoms with Crippen molar-refractivity contribution >= 4 is 11.6 Å². The zero-order chi connectivity index (χ0) is 15.2. The fourth-order valence-electron chi connectivity index (χ4n) is 2.93. The van der Waals surface area contributed by atoms with Crippen molar-refractivity contribution < 1.29 is 4.79 Å². The second-order valence-electron chi connectivity index (χ2n) is 5.69. The lowest BCUT2D eigenvalue weighted by molar-refractivity contribution is -0.116. The van der Waals surface area contributed by atoms with Gasteiger partial charge in [-0.15, -0.1) is 0 Å². The van der Waals surface area contributed by atoms with Crippen molar-refractivity contribution in [1.29, 1.82) is 0 Å². The van der Waals surface area contributed by atoms with Crippen molar-refractivity contribution in [3.63, 3.8) is 0 Å². The summed E-state index contributed by atoms with van der Waals surface area (Å²) < 4.78 is 0. The van der Waals surface area contributed by atoms with E-state index in [1.807, 2.05) is 18.2 Å². The third kappa shape index (κ3) is 3.92. The molecule has 2 aromatic rings. The molecular weight excluding hydrogens is 278 g/mol. The quantitative estimate of drug-likeness (QED) is 0.885. The van der Waals surface area contributed by atoms with Crippen LogP contribution in [0.5, 0.6) is 0 Å². The first-order valence-corrected chi connectivity index (χ1v) is 7.73. The molecule has 1 aliphatic rings. The Bertz CT molecular complexity index is 584. The number of amides is 1. The van der Waals surface area contributed by atoms with E-state index in [9.17, 15) is 4.79 Å². The Balaban J connectivity index is 1.46. The van der Waals surface area contributed by atoms with Crippen molar-refractivity contribution in [2.75, 3.05) is 25.0 Å². The van der Waals surface area contributed by atoms with Crippen LogP contribution >= 0.6 is 0 Å². The lowest BCUT2D eigenvalue weighted by atomic mass is 9.95. The van der Waals surface area contributed by atoms with Crippen LogP contribution in [0.3, 0.4) is 0 Å². The van der Waals surface area contributed by atoms with Crippen molar-refractivity contribution in [3.05, 3.63) is 42.5 Å². The van der Waals surface area contributed by atoms with Gasteiger partial charge in [0.1, 0.15) is 0 Å². The van der Waals surface area contributed by atoms with Gasteiger partial charge in [0.05, 0.1) is 11.9 Å². The Morgan fingerprint density at radius 1 is 1.41 bits per heavy atom. The number of piperidine rings is 1. The number of nitrogens with one attached hydrogen (secondary N) is 2. The fraction of sp³-hybridized carbons (Fsp3) is 0.438. The number of carbonyl (C=O) groups is 1. The monoisotopic (exact) mass is 299 g/mol. The van der Waals surface area contributed by atoms with E-state index in [1.165, 1.54) is 12.1 Å². The van der Waals surface area contributed by atoms with E-state index in [2.05, 4.69) is 25.4 Å². The molecule has 3 heterocycles. The highest BCUT2D eigenvalue weighted by Gasteiger charge is 2.22. The number of likely N-dealkylation sites (tertiary alicyclic amines) is 1. The Labute approximate surface area is 129 Å². The van der Waals surface area contributed by atoms with Gasteiger partial charge >= 0.3 is 0 Å². The maximum Gasteiger partial charge on any atom is 0.225 e. The average Bonchev–Trinajstić information content (AvgIpc) is 3.09. The van der Waals surface area contributed by atoms with Crippen molar-refractivity contribution in [2.45, 2.75) is 25.2 Å². The molecule has 3 rings (SSSR count). The normalized spacial score (nSPS) is 19.0. The van der Waals surface area contributed by atoms with E-state index < -0.39 is 0 Å².